The Labute approximate surface area is 185 Å². The lowest BCUT2D eigenvalue weighted by Crippen LogP contribution is -2.24. The Bertz CT molecular complexity index is 1000. The number of amides is 1. The number of ether oxygens (including phenoxy) is 1. The van der Waals surface area contributed by atoms with E-state index in [2.05, 4.69) is 10.1 Å². The normalized spacial score (nSPS) is 11.9. The number of anilines is 1. The van der Waals surface area contributed by atoms with Crippen LogP contribution in [0.3, 0.4) is 0 Å². The zero-order valence-corrected chi connectivity index (χ0v) is 18.9. The molecule has 31 heavy (non-hydrogen) atoms. The van der Waals surface area contributed by atoms with Gasteiger partial charge in [0.05, 0.1) is 15.6 Å². The van der Waals surface area contributed by atoms with Gasteiger partial charge in [0.2, 0.25) is 15.9 Å². The second kappa shape index (κ2) is 10.9. The molecule has 0 heterocycles. The summed E-state index contributed by atoms with van der Waals surface area (Å²) in [6.45, 7) is -1.96. The van der Waals surface area contributed by atoms with Crippen molar-refractivity contribution < 1.29 is 26.7 Å². The van der Waals surface area contributed by atoms with Crippen molar-refractivity contribution in [2.24, 2.45) is 0 Å². The Hall–Kier alpha value is -2.27. The number of alkyl halides is 2. The average Bonchev–Trinajstić information content (AvgIpc) is 2.69. The molecule has 7 nitrogen and oxygen atoms in total. The number of hydrogen-bond acceptors (Lipinski definition) is 5. The molecular formula is C20H24ClF2N3O4S. The molecule has 0 aliphatic rings. The van der Waals surface area contributed by atoms with Crippen LogP contribution in [-0.2, 0) is 21.4 Å². The predicted octanol–water partition coefficient (Wildman–Crippen LogP) is 3.65. The Morgan fingerprint density at radius 2 is 1.77 bits per heavy atom. The van der Waals surface area contributed by atoms with Crippen LogP contribution >= 0.6 is 11.6 Å². The number of halogens is 3. The maximum atomic E-state index is 12.3. The Morgan fingerprint density at radius 1 is 1.13 bits per heavy atom. The minimum Gasteiger partial charge on any atom is -0.435 e. The SMILES string of the molecule is CN(CCC(=O)Nc1cc(S(=O)(=O)N(C)C)ccc1Cl)Cc1ccc(OC(F)F)cc1. The first kappa shape index (κ1) is 25.0. The van der Waals surface area contributed by atoms with Crippen LogP contribution in [0.1, 0.15) is 12.0 Å². The molecule has 0 aliphatic heterocycles. The van der Waals surface area contributed by atoms with Gasteiger partial charge in [-0.05, 0) is 42.9 Å². The lowest BCUT2D eigenvalue weighted by Gasteiger charge is -2.17. The minimum atomic E-state index is -3.66. The molecule has 0 spiro atoms. The largest absolute Gasteiger partial charge is 0.435 e. The molecule has 1 N–H and O–H groups in total. The number of nitrogens with zero attached hydrogens (tertiary/aromatic N) is 2. The standard InChI is InChI=1S/C20H24ClF2N3O4S/c1-25(2)31(28,29)16-8-9-17(21)18(12-16)24-19(27)10-11-26(3)13-14-4-6-15(7-5-14)30-20(22)23/h4-9,12,20H,10-11,13H2,1-3H3,(H,24,27). The number of carbonyl (C=O) groups excluding carboxylic acids is 1. The lowest BCUT2D eigenvalue weighted by molar-refractivity contribution is -0.116. The van der Waals surface area contributed by atoms with E-state index in [-0.39, 0.29) is 33.7 Å². The molecule has 0 radical (unpaired) electrons. The molecule has 0 atom stereocenters. The van der Waals surface area contributed by atoms with Crippen LogP contribution in [0.4, 0.5) is 14.5 Å². The number of carbonyl (C=O) groups is 1. The van der Waals surface area contributed by atoms with Gasteiger partial charge in [0.1, 0.15) is 5.75 Å². The number of nitrogens with one attached hydrogen (secondary N) is 1. The zero-order chi connectivity index (χ0) is 23.2. The predicted molar refractivity (Wildman–Crippen MR) is 115 cm³/mol. The number of rotatable bonds is 10. The van der Waals surface area contributed by atoms with Crippen LogP contribution < -0.4 is 10.1 Å². The molecule has 0 unspecified atom stereocenters. The molecule has 0 aliphatic carbocycles. The van der Waals surface area contributed by atoms with E-state index in [1.54, 1.807) is 12.1 Å². The smallest absolute Gasteiger partial charge is 0.387 e. The first-order valence-corrected chi connectivity index (χ1v) is 11.0. The maximum Gasteiger partial charge on any atom is 0.387 e. The highest BCUT2D eigenvalue weighted by molar-refractivity contribution is 7.89. The molecular weight excluding hydrogens is 452 g/mol. The molecule has 170 valence electrons. The summed E-state index contributed by atoms with van der Waals surface area (Å²) >= 11 is 6.09. The summed E-state index contributed by atoms with van der Waals surface area (Å²) < 4.78 is 54.3. The highest BCUT2D eigenvalue weighted by Gasteiger charge is 2.19. The van der Waals surface area contributed by atoms with Crippen LogP contribution in [0.2, 0.25) is 5.02 Å². The summed E-state index contributed by atoms with van der Waals surface area (Å²) in [7, 11) is 0.984. The summed E-state index contributed by atoms with van der Waals surface area (Å²) in [5.74, 6) is -0.245. The van der Waals surface area contributed by atoms with Gasteiger partial charge in [0, 0.05) is 33.6 Å². The highest BCUT2D eigenvalue weighted by Crippen LogP contribution is 2.26. The van der Waals surface area contributed by atoms with Gasteiger partial charge >= 0.3 is 6.61 Å². The van der Waals surface area contributed by atoms with E-state index in [0.29, 0.717) is 13.1 Å². The van der Waals surface area contributed by atoms with Gasteiger partial charge in [0.15, 0.2) is 0 Å². The van der Waals surface area contributed by atoms with Crippen molar-refractivity contribution in [3.63, 3.8) is 0 Å². The molecule has 2 aromatic carbocycles. The van der Waals surface area contributed by atoms with E-state index < -0.39 is 16.6 Å². The number of benzene rings is 2. The first-order valence-electron chi connectivity index (χ1n) is 9.23. The zero-order valence-electron chi connectivity index (χ0n) is 17.3. The first-order chi connectivity index (χ1) is 14.5. The van der Waals surface area contributed by atoms with Crippen molar-refractivity contribution in [3.8, 4) is 5.75 Å². The molecule has 2 aromatic rings. The van der Waals surface area contributed by atoms with E-state index in [9.17, 15) is 22.0 Å². The quantitative estimate of drug-likeness (QED) is 0.567. The summed E-state index contributed by atoms with van der Waals surface area (Å²) in [6.07, 6.45) is 0.143. The number of hydrogen-bond donors (Lipinski definition) is 1. The molecule has 2 rings (SSSR count). The summed E-state index contributed by atoms with van der Waals surface area (Å²) in [5, 5.41) is 2.87. The van der Waals surface area contributed by atoms with Gasteiger partial charge in [0.25, 0.3) is 0 Å². The Balaban J connectivity index is 1.91. The summed E-state index contributed by atoms with van der Waals surface area (Å²) in [5.41, 5.74) is 1.08. The van der Waals surface area contributed by atoms with Gasteiger partial charge in [-0.15, -0.1) is 0 Å². The second-order valence-corrected chi connectivity index (χ2v) is 9.55. The summed E-state index contributed by atoms with van der Waals surface area (Å²) in [6, 6.07) is 10.4. The molecule has 11 heteroatoms. The van der Waals surface area contributed by atoms with E-state index in [1.165, 1.54) is 44.4 Å². The van der Waals surface area contributed by atoms with E-state index >= 15 is 0 Å². The van der Waals surface area contributed by atoms with Crippen LogP contribution in [0, 0.1) is 0 Å². The van der Waals surface area contributed by atoms with Crippen LogP contribution in [-0.4, -0.2) is 57.8 Å². The van der Waals surface area contributed by atoms with Gasteiger partial charge in [-0.25, -0.2) is 12.7 Å². The Morgan fingerprint density at radius 3 is 2.35 bits per heavy atom. The second-order valence-electron chi connectivity index (χ2n) is 6.99. The molecule has 0 aromatic heterocycles. The minimum absolute atomic E-state index is 0.0218. The fraction of sp³-hybridized carbons (Fsp3) is 0.350. The molecule has 0 saturated carbocycles. The van der Waals surface area contributed by atoms with Crippen molar-refractivity contribution in [2.45, 2.75) is 24.5 Å². The van der Waals surface area contributed by atoms with Crippen molar-refractivity contribution in [1.29, 1.82) is 0 Å². The molecule has 1 amide bonds. The third-order valence-electron chi connectivity index (χ3n) is 4.31. The lowest BCUT2D eigenvalue weighted by atomic mass is 10.2. The fourth-order valence-electron chi connectivity index (χ4n) is 2.64. The highest BCUT2D eigenvalue weighted by atomic mass is 35.5. The van der Waals surface area contributed by atoms with E-state index in [0.717, 1.165) is 9.87 Å². The average molecular weight is 476 g/mol. The molecule has 0 bridgehead atoms. The number of sulfonamides is 1. The van der Waals surface area contributed by atoms with Crippen molar-refractivity contribution >= 4 is 33.2 Å². The van der Waals surface area contributed by atoms with E-state index in [1.807, 2.05) is 11.9 Å². The topological polar surface area (TPSA) is 79.0 Å². The monoisotopic (exact) mass is 475 g/mol. The molecule has 0 saturated heterocycles. The summed E-state index contributed by atoms with van der Waals surface area (Å²) in [4.78, 5) is 14.2. The van der Waals surface area contributed by atoms with Gasteiger partial charge in [-0.1, -0.05) is 23.7 Å². The van der Waals surface area contributed by atoms with Gasteiger partial charge in [-0.3, -0.25) is 4.79 Å². The van der Waals surface area contributed by atoms with Crippen molar-refractivity contribution in [1.82, 2.24) is 9.21 Å². The van der Waals surface area contributed by atoms with Crippen molar-refractivity contribution in [2.75, 3.05) is 33.0 Å². The Kier molecular flexibility index (Phi) is 8.75. The third-order valence-corrected chi connectivity index (χ3v) is 6.45. The van der Waals surface area contributed by atoms with Crippen molar-refractivity contribution in [3.05, 3.63) is 53.1 Å². The van der Waals surface area contributed by atoms with Crippen LogP contribution in [0.15, 0.2) is 47.4 Å². The molecule has 0 fully saturated rings. The van der Waals surface area contributed by atoms with Gasteiger partial charge in [-0.2, -0.15) is 8.78 Å². The van der Waals surface area contributed by atoms with Crippen LogP contribution in [0.5, 0.6) is 5.75 Å². The fourth-order valence-corrected chi connectivity index (χ4v) is 3.74. The third kappa shape index (κ3) is 7.42. The maximum absolute atomic E-state index is 12.3. The van der Waals surface area contributed by atoms with E-state index in [4.69, 9.17) is 11.6 Å². The van der Waals surface area contributed by atoms with Crippen LogP contribution in [0.25, 0.3) is 0 Å². The van der Waals surface area contributed by atoms with Gasteiger partial charge < -0.3 is 15.0 Å².